The number of rotatable bonds is 4. The van der Waals surface area contributed by atoms with E-state index < -0.39 is 0 Å². The summed E-state index contributed by atoms with van der Waals surface area (Å²) in [5.41, 5.74) is 0.483. The van der Waals surface area contributed by atoms with Gasteiger partial charge in [-0.25, -0.2) is 9.78 Å². The zero-order chi connectivity index (χ0) is 14.1. The molecule has 1 saturated carbocycles. The molecule has 2 aliphatic rings. The number of carbonyl (C=O) groups excluding carboxylic acids is 1. The number of esters is 1. The summed E-state index contributed by atoms with van der Waals surface area (Å²) < 4.78 is 5.04. The van der Waals surface area contributed by atoms with E-state index in [0.717, 1.165) is 42.2 Å². The molecule has 0 aromatic carbocycles. The number of thiazole rings is 1. The van der Waals surface area contributed by atoms with E-state index in [-0.39, 0.29) is 5.97 Å². The van der Waals surface area contributed by atoms with Gasteiger partial charge in [-0.1, -0.05) is 0 Å². The summed E-state index contributed by atoms with van der Waals surface area (Å²) in [5.74, 6) is -0.302. The highest BCUT2D eigenvalue weighted by atomic mass is 32.1. The zero-order valence-corrected chi connectivity index (χ0v) is 12.9. The smallest absolute Gasteiger partial charge is 0.358 e. The van der Waals surface area contributed by atoms with E-state index in [4.69, 9.17) is 4.74 Å². The Morgan fingerprint density at radius 1 is 1.35 bits per heavy atom. The minimum atomic E-state index is -0.302. The third-order valence-corrected chi connectivity index (χ3v) is 4.93. The van der Waals surface area contributed by atoms with E-state index in [2.05, 4.69) is 14.8 Å². The quantitative estimate of drug-likeness (QED) is 0.794. The lowest BCUT2D eigenvalue weighted by molar-refractivity contribution is 0.0519. The Bertz CT molecular complexity index is 491. The minimum Gasteiger partial charge on any atom is -0.461 e. The van der Waals surface area contributed by atoms with Crippen LogP contribution >= 0.6 is 11.3 Å². The van der Waals surface area contributed by atoms with Gasteiger partial charge in [0.1, 0.15) is 0 Å². The van der Waals surface area contributed by atoms with Gasteiger partial charge < -0.3 is 9.64 Å². The van der Waals surface area contributed by atoms with Crippen molar-refractivity contribution in [2.75, 3.05) is 37.7 Å². The molecule has 2 fully saturated rings. The molecule has 1 aromatic heterocycles. The zero-order valence-electron chi connectivity index (χ0n) is 12.1. The van der Waals surface area contributed by atoms with E-state index in [9.17, 15) is 4.79 Å². The third-order valence-electron chi connectivity index (χ3n) is 3.90. The molecule has 1 aromatic rings. The van der Waals surface area contributed by atoms with Crippen molar-refractivity contribution in [3.05, 3.63) is 10.6 Å². The molecule has 1 saturated heterocycles. The molecule has 0 unspecified atom stereocenters. The van der Waals surface area contributed by atoms with Crippen LogP contribution in [0.25, 0.3) is 0 Å². The largest absolute Gasteiger partial charge is 0.461 e. The van der Waals surface area contributed by atoms with Crippen molar-refractivity contribution in [1.29, 1.82) is 0 Å². The number of nitrogens with zero attached hydrogens (tertiary/aromatic N) is 3. The van der Waals surface area contributed by atoms with E-state index in [1.54, 1.807) is 11.3 Å². The van der Waals surface area contributed by atoms with Crippen LogP contribution in [0.2, 0.25) is 0 Å². The van der Waals surface area contributed by atoms with Gasteiger partial charge in [0.15, 0.2) is 10.8 Å². The van der Waals surface area contributed by atoms with Crippen LogP contribution in [0.4, 0.5) is 5.13 Å². The summed E-state index contributed by atoms with van der Waals surface area (Å²) in [5, 5.41) is 0.959. The van der Waals surface area contributed by atoms with Crippen molar-refractivity contribution in [2.45, 2.75) is 32.7 Å². The van der Waals surface area contributed by atoms with Gasteiger partial charge in [0.05, 0.1) is 6.61 Å². The molecule has 0 N–H and O–H groups in total. The first-order valence-electron chi connectivity index (χ1n) is 7.32. The SMILES string of the molecule is CCOC(=O)c1nc(N2CCN(C3CC3)CC2)sc1C. The standard InChI is InChI=1S/C14H21N3O2S/c1-3-19-13(18)12-10(2)20-14(15-12)17-8-6-16(7-9-17)11-4-5-11/h11H,3-9H2,1-2H3. The van der Waals surface area contributed by atoms with Crippen molar-refractivity contribution in [3.8, 4) is 0 Å². The normalized spacial score (nSPS) is 20.2. The summed E-state index contributed by atoms with van der Waals surface area (Å²) in [6.45, 7) is 8.38. The number of ether oxygens (including phenoxy) is 1. The second kappa shape index (κ2) is 5.69. The molecule has 0 spiro atoms. The predicted molar refractivity (Wildman–Crippen MR) is 79.6 cm³/mol. The van der Waals surface area contributed by atoms with Gasteiger partial charge >= 0.3 is 5.97 Å². The molecular weight excluding hydrogens is 274 g/mol. The van der Waals surface area contributed by atoms with Gasteiger partial charge in [-0.2, -0.15) is 0 Å². The lowest BCUT2D eigenvalue weighted by atomic mass is 10.3. The summed E-state index contributed by atoms with van der Waals surface area (Å²) >= 11 is 1.60. The Hall–Kier alpha value is -1.14. The average molecular weight is 295 g/mol. The first kappa shape index (κ1) is 13.8. The van der Waals surface area contributed by atoms with E-state index >= 15 is 0 Å². The van der Waals surface area contributed by atoms with Crippen molar-refractivity contribution < 1.29 is 9.53 Å². The summed E-state index contributed by atoms with van der Waals surface area (Å²) in [7, 11) is 0. The van der Waals surface area contributed by atoms with Crippen LogP contribution < -0.4 is 4.90 Å². The Morgan fingerprint density at radius 3 is 2.65 bits per heavy atom. The van der Waals surface area contributed by atoms with Crippen LogP contribution in [0, 0.1) is 6.92 Å². The fourth-order valence-electron chi connectivity index (χ4n) is 2.62. The molecule has 3 rings (SSSR count). The number of aromatic nitrogens is 1. The van der Waals surface area contributed by atoms with Crippen LogP contribution in [0.3, 0.4) is 0 Å². The molecule has 20 heavy (non-hydrogen) atoms. The molecule has 2 heterocycles. The monoisotopic (exact) mass is 295 g/mol. The van der Waals surface area contributed by atoms with Crippen LogP contribution in [0.15, 0.2) is 0 Å². The topological polar surface area (TPSA) is 45.7 Å². The minimum absolute atomic E-state index is 0.302. The molecule has 1 aliphatic heterocycles. The molecule has 0 radical (unpaired) electrons. The first-order valence-corrected chi connectivity index (χ1v) is 8.14. The Labute approximate surface area is 123 Å². The van der Waals surface area contributed by atoms with Crippen LogP contribution in [-0.2, 0) is 4.74 Å². The second-order valence-corrected chi connectivity index (χ2v) is 6.56. The molecule has 0 atom stereocenters. The first-order chi connectivity index (χ1) is 9.69. The number of piperazine rings is 1. The molecule has 5 nitrogen and oxygen atoms in total. The van der Waals surface area contributed by atoms with Gasteiger partial charge in [-0.3, -0.25) is 4.90 Å². The summed E-state index contributed by atoms with van der Waals surface area (Å²) in [6.07, 6.45) is 2.73. The predicted octanol–water partition coefficient (Wildman–Crippen LogP) is 1.91. The van der Waals surface area contributed by atoms with Crippen LogP contribution in [0.5, 0.6) is 0 Å². The van der Waals surface area contributed by atoms with E-state index in [1.807, 2.05) is 13.8 Å². The molecule has 0 amide bonds. The number of hydrogen-bond donors (Lipinski definition) is 0. The molecule has 1 aliphatic carbocycles. The Kier molecular flexibility index (Phi) is 3.94. The van der Waals surface area contributed by atoms with Gasteiger partial charge in [0.25, 0.3) is 0 Å². The maximum atomic E-state index is 11.8. The highest BCUT2D eigenvalue weighted by Gasteiger charge is 2.32. The van der Waals surface area contributed by atoms with Crippen LogP contribution in [0.1, 0.15) is 35.1 Å². The van der Waals surface area contributed by atoms with Crippen LogP contribution in [-0.4, -0.2) is 54.7 Å². The maximum Gasteiger partial charge on any atom is 0.358 e. The molecule has 0 bridgehead atoms. The molecule has 110 valence electrons. The van der Waals surface area contributed by atoms with Gasteiger partial charge in [-0.15, -0.1) is 11.3 Å². The maximum absolute atomic E-state index is 11.8. The molecular formula is C14H21N3O2S. The second-order valence-electron chi connectivity index (χ2n) is 5.38. The fourth-order valence-corrected chi connectivity index (χ4v) is 3.57. The highest BCUT2D eigenvalue weighted by Crippen LogP contribution is 2.30. The van der Waals surface area contributed by atoms with Gasteiger partial charge in [-0.05, 0) is 26.7 Å². The van der Waals surface area contributed by atoms with Crippen molar-refractivity contribution >= 4 is 22.4 Å². The Balaban J connectivity index is 1.65. The number of carbonyl (C=O) groups is 1. The number of hydrogen-bond acceptors (Lipinski definition) is 6. The number of aryl methyl sites for hydroxylation is 1. The van der Waals surface area contributed by atoms with Crippen molar-refractivity contribution in [1.82, 2.24) is 9.88 Å². The fraction of sp³-hybridized carbons (Fsp3) is 0.714. The third kappa shape index (κ3) is 2.81. The van der Waals surface area contributed by atoms with Gasteiger partial charge in [0.2, 0.25) is 0 Å². The van der Waals surface area contributed by atoms with Gasteiger partial charge in [0, 0.05) is 37.1 Å². The highest BCUT2D eigenvalue weighted by molar-refractivity contribution is 7.15. The van der Waals surface area contributed by atoms with E-state index in [1.165, 1.54) is 12.8 Å². The lowest BCUT2D eigenvalue weighted by Crippen LogP contribution is -2.47. The van der Waals surface area contributed by atoms with Crippen molar-refractivity contribution in [2.24, 2.45) is 0 Å². The molecule has 6 heteroatoms. The summed E-state index contributed by atoms with van der Waals surface area (Å²) in [6, 6.07) is 0.838. The number of anilines is 1. The van der Waals surface area contributed by atoms with E-state index in [0.29, 0.717) is 12.3 Å². The average Bonchev–Trinajstić information content (AvgIpc) is 3.22. The van der Waals surface area contributed by atoms with Crippen molar-refractivity contribution in [3.63, 3.8) is 0 Å². The summed E-state index contributed by atoms with van der Waals surface area (Å²) in [4.78, 5) is 22.1. The Morgan fingerprint density at radius 2 is 2.05 bits per heavy atom. The lowest BCUT2D eigenvalue weighted by Gasteiger charge is -2.34.